The molecule has 16 heavy (non-hydrogen) atoms. The Kier molecular flexibility index (Phi) is 4.31. The Bertz CT molecular complexity index is 418. The first-order valence-corrected chi connectivity index (χ1v) is 5.05. The average Bonchev–Trinajstić information content (AvgIpc) is 2.25. The molecule has 1 heterocycles. The maximum atomic E-state index is 11.3. The van der Waals surface area contributed by atoms with Gasteiger partial charge in [-0.2, -0.15) is 0 Å². The third-order valence-electron chi connectivity index (χ3n) is 1.95. The molecule has 1 aromatic rings. The molecule has 0 bridgehead atoms. The fourth-order valence-corrected chi connectivity index (χ4v) is 1.24. The van der Waals surface area contributed by atoms with Crippen LogP contribution in [0.25, 0.3) is 0 Å². The molecule has 5 heteroatoms. The summed E-state index contributed by atoms with van der Waals surface area (Å²) < 4.78 is 4.62. The van der Waals surface area contributed by atoms with Crippen molar-refractivity contribution in [3.63, 3.8) is 0 Å². The fourth-order valence-electron chi connectivity index (χ4n) is 1.17. The lowest BCUT2D eigenvalue weighted by molar-refractivity contribution is 0.0599. The summed E-state index contributed by atoms with van der Waals surface area (Å²) in [5.74, 6) is 0.255. The second kappa shape index (κ2) is 5.51. The van der Waals surface area contributed by atoms with Gasteiger partial charge < -0.3 is 10.1 Å². The molecule has 0 aliphatic heterocycles. The van der Waals surface area contributed by atoms with Crippen molar-refractivity contribution in [2.75, 3.05) is 19.0 Å². The van der Waals surface area contributed by atoms with Crippen molar-refractivity contribution in [3.8, 4) is 0 Å². The minimum Gasteiger partial charge on any atom is -0.465 e. The monoisotopic (exact) mass is 240 g/mol. The Morgan fingerprint density at radius 3 is 2.81 bits per heavy atom. The zero-order valence-corrected chi connectivity index (χ0v) is 9.97. The van der Waals surface area contributed by atoms with Gasteiger partial charge in [0.15, 0.2) is 0 Å². The van der Waals surface area contributed by atoms with Gasteiger partial charge in [-0.15, -0.1) is 0 Å². The predicted molar refractivity (Wildman–Crippen MR) is 63.8 cm³/mol. The van der Waals surface area contributed by atoms with Crippen LogP contribution in [0.5, 0.6) is 0 Å². The Balaban J connectivity index is 2.82. The summed E-state index contributed by atoms with van der Waals surface area (Å²) in [5.41, 5.74) is 1.06. The Morgan fingerprint density at radius 1 is 1.62 bits per heavy atom. The summed E-state index contributed by atoms with van der Waals surface area (Å²) in [7, 11) is 1.34. The number of anilines is 1. The highest BCUT2D eigenvalue weighted by atomic mass is 35.5. The van der Waals surface area contributed by atoms with Crippen LogP contribution in [0.15, 0.2) is 23.7 Å². The highest BCUT2D eigenvalue weighted by molar-refractivity contribution is 6.29. The van der Waals surface area contributed by atoms with Gasteiger partial charge in [0, 0.05) is 5.03 Å². The minimum absolute atomic E-state index is 0.390. The van der Waals surface area contributed by atoms with Gasteiger partial charge >= 0.3 is 5.97 Å². The van der Waals surface area contributed by atoms with Crippen LogP contribution >= 0.6 is 11.6 Å². The van der Waals surface area contributed by atoms with E-state index >= 15 is 0 Å². The Morgan fingerprint density at radius 2 is 2.31 bits per heavy atom. The molecule has 0 aliphatic rings. The molecule has 0 spiro atoms. The first-order valence-electron chi connectivity index (χ1n) is 4.67. The zero-order chi connectivity index (χ0) is 12.1. The summed E-state index contributed by atoms with van der Waals surface area (Å²) in [6.45, 7) is 5.73. The topological polar surface area (TPSA) is 51.2 Å². The number of pyridine rings is 1. The molecular weight excluding hydrogens is 228 g/mol. The van der Waals surface area contributed by atoms with Crippen LogP contribution in [0, 0.1) is 6.92 Å². The van der Waals surface area contributed by atoms with Gasteiger partial charge in [-0.05, 0) is 19.1 Å². The number of ether oxygens (including phenoxy) is 1. The first kappa shape index (κ1) is 12.5. The number of nitrogens with zero attached hydrogens (tertiary/aromatic N) is 1. The SMILES string of the molecule is C=C(Cl)CNc1ccc(C(=O)OC)c(C)n1. The second-order valence-electron chi connectivity index (χ2n) is 3.19. The van der Waals surface area contributed by atoms with E-state index in [-0.39, 0.29) is 0 Å². The van der Waals surface area contributed by atoms with Crippen molar-refractivity contribution < 1.29 is 9.53 Å². The van der Waals surface area contributed by atoms with Crippen LogP contribution in [0.2, 0.25) is 0 Å². The summed E-state index contributed by atoms with van der Waals surface area (Å²) >= 11 is 5.61. The maximum Gasteiger partial charge on any atom is 0.339 e. The normalized spacial score (nSPS) is 9.69. The molecule has 0 radical (unpaired) electrons. The second-order valence-corrected chi connectivity index (χ2v) is 3.73. The van der Waals surface area contributed by atoms with E-state index in [9.17, 15) is 4.79 Å². The van der Waals surface area contributed by atoms with Gasteiger partial charge in [0.05, 0.1) is 24.9 Å². The van der Waals surface area contributed by atoms with Crippen LogP contribution < -0.4 is 5.32 Å². The van der Waals surface area contributed by atoms with Crippen LogP contribution in [0.1, 0.15) is 16.1 Å². The summed E-state index contributed by atoms with van der Waals surface area (Å²) in [6, 6.07) is 3.35. The smallest absolute Gasteiger partial charge is 0.339 e. The van der Waals surface area contributed by atoms with Crippen molar-refractivity contribution in [1.82, 2.24) is 4.98 Å². The van der Waals surface area contributed by atoms with E-state index in [4.69, 9.17) is 11.6 Å². The van der Waals surface area contributed by atoms with Crippen LogP contribution in [-0.2, 0) is 4.74 Å². The highest BCUT2D eigenvalue weighted by Gasteiger charge is 2.10. The van der Waals surface area contributed by atoms with E-state index in [1.165, 1.54) is 7.11 Å². The third kappa shape index (κ3) is 3.24. The van der Waals surface area contributed by atoms with Crippen molar-refractivity contribution >= 4 is 23.4 Å². The van der Waals surface area contributed by atoms with Gasteiger partial charge in [0.25, 0.3) is 0 Å². The predicted octanol–water partition coefficient (Wildman–Crippen LogP) is 2.34. The van der Waals surface area contributed by atoms with Gasteiger partial charge in [-0.3, -0.25) is 0 Å². The lowest BCUT2D eigenvalue weighted by Crippen LogP contribution is -2.08. The molecule has 1 rings (SSSR count). The van der Waals surface area contributed by atoms with E-state index < -0.39 is 5.97 Å². The van der Waals surface area contributed by atoms with Crippen LogP contribution in [0.3, 0.4) is 0 Å². The summed E-state index contributed by atoms with van der Waals surface area (Å²) in [4.78, 5) is 15.5. The zero-order valence-electron chi connectivity index (χ0n) is 9.21. The molecule has 0 atom stereocenters. The van der Waals surface area contributed by atoms with E-state index in [0.717, 1.165) is 0 Å². The third-order valence-corrected chi connectivity index (χ3v) is 2.09. The lowest BCUT2D eigenvalue weighted by atomic mass is 10.2. The molecule has 0 aliphatic carbocycles. The fraction of sp³-hybridized carbons (Fsp3) is 0.273. The molecule has 1 aromatic heterocycles. The molecular formula is C11H13ClN2O2. The number of rotatable bonds is 4. The molecule has 0 aromatic carbocycles. The number of hydrogen-bond donors (Lipinski definition) is 1. The van der Waals surface area contributed by atoms with Crippen molar-refractivity contribution in [3.05, 3.63) is 35.0 Å². The number of aromatic nitrogens is 1. The van der Waals surface area contributed by atoms with Crippen molar-refractivity contribution in [2.45, 2.75) is 6.92 Å². The molecule has 4 nitrogen and oxygen atoms in total. The molecule has 0 unspecified atom stereocenters. The average molecular weight is 241 g/mol. The largest absolute Gasteiger partial charge is 0.465 e. The number of aryl methyl sites for hydroxylation is 1. The van der Waals surface area contributed by atoms with E-state index in [1.807, 2.05) is 0 Å². The van der Waals surface area contributed by atoms with Gasteiger partial charge in [-0.1, -0.05) is 18.2 Å². The van der Waals surface area contributed by atoms with E-state index in [2.05, 4.69) is 21.6 Å². The highest BCUT2D eigenvalue weighted by Crippen LogP contribution is 2.12. The van der Waals surface area contributed by atoms with Gasteiger partial charge in [-0.25, -0.2) is 9.78 Å². The molecule has 1 N–H and O–H groups in total. The number of methoxy groups -OCH3 is 1. The molecule has 0 saturated carbocycles. The van der Waals surface area contributed by atoms with Crippen LogP contribution in [0.4, 0.5) is 5.82 Å². The number of carbonyl (C=O) groups is 1. The first-order chi connectivity index (χ1) is 7.54. The van der Waals surface area contributed by atoms with Gasteiger partial charge in [0.2, 0.25) is 0 Å². The van der Waals surface area contributed by atoms with Gasteiger partial charge in [0.1, 0.15) is 5.82 Å². The lowest BCUT2D eigenvalue weighted by Gasteiger charge is -2.07. The van der Waals surface area contributed by atoms with E-state index in [1.54, 1.807) is 19.1 Å². The minimum atomic E-state index is -0.390. The van der Waals surface area contributed by atoms with Crippen molar-refractivity contribution in [2.24, 2.45) is 0 Å². The van der Waals surface area contributed by atoms with E-state index in [0.29, 0.717) is 28.7 Å². The van der Waals surface area contributed by atoms with Crippen LogP contribution in [-0.4, -0.2) is 24.6 Å². The Hall–Kier alpha value is -1.55. The quantitative estimate of drug-likeness (QED) is 0.821. The number of nitrogens with one attached hydrogen (secondary N) is 1. The molecule has 0 saturated heterocycles. The number of hydrogen-bond acceptors (Lipinski definition) is 4. The number of halogens is 1. The maximum absolute atomic E-state index is 11.3. The molecule has 0 amide bonds. The Labute approximate surface area is 99.3 Å². The summed E-state index contributed by atoms with van der Waals surface area (Å²) in [6.07, 6.45) is 0. The standard InChI is InChI=1S/C11H13ClN2O2/c1-7(12)6-13-10-5-4-9(8(2)14-10)11(15)16-3/h4-5H,1,6H2,2-3H3,(H,13,14). The molecule has 0 fully saturated rings. The van der Waals surface area contributed by atoms with Crippen molar-refractivity contribution in [1.29, 1.82) is 0 Å². The number of esters is 1. The number of carbonyl (C=O) groups excluding carboxylic acids is 1. The molecule has 86 valence electrons. The summed E-state index contributed by atoms with van der Waals surface area (Å²) in [5, 5.41) is 3.47.